The first kappa shape index (κ1) is 12.8. The quantitative estimate of drug-likeness (QED) is 0.750. The van der Waals surface area contributed by atoms with Gasteiger partial charge in [-0.1, -0.05) is 0 Å². The van der Waals surface area contributed by atoms with E-state index in [0.29, 0.717) is 5.75 Å². The van der Waals surface area contributed by atoms with Crippen LogP contribution in [0.5, 0.6) is 5.75 Å². The van der Waals surface area contributed by atoms with Crippen LogP contribution in [-0.2, 0) is 0 Å². The minimum Gasteiger partial charge on any atom is -0.495 e. The number of nitrogens with zero attached hydrogens (tertiary/aromatic N) is 1. The van der Waals surface area contributed by atoms with E-state index >= 15 is 0 Å². The average molecular weight is 226 g/mol. The van der Waals surface area contributed by atoms with E-state index in [9.17, 15) is 4.39 Å². The molecule has 0 atom stereocenters. The zero-order valence-electron chi connectivity index (χ0n) is 10.1. The molecule has 16 heavy (non-hydrogen) atoms. The number of hydrogen-bond donors (Lipinski definition) is 1. The number of ether oxygens (including phenoxy) is 1. The van der Waals surface area contributed by atoms with Gasteiger partial charge < -0.3 is 15.0 Å². The van der Waals surface area contributed by atoms with Crippen molar-refractivity contribution in [2.45, 2.75) is 6.42 Å². The molecular weight excluding hydrogens is 207 g/mol. The molecule has 0 heterocycles. The third kappa shape index (κ3) is 3.38. The van der Waals surface area contributed by atoms with Crippen molar-refractivity contribution in [1.82, 2.24) is 5.32 Å². The SMILES string of the molecule is CNCCCN(C)c1cc(F)ccc1OC. The largest absolute Gasteiger partial charge is 0.495 e. The highest BCUT2D eigenvalue weighted by atomic mass is 19.1. The fourth-order valence-corrected chi connectivity index (χ4v) is 1.57. The van der Waals surface area contributed by atoms with Crippen molar-refractivity contribution in [3.63, 3.8) is 0 Å². The van der Waals surface area contributed by atoms with Gasteiger partial charge in [0.25, 0.3) is 0 Å². The molecule has 1 aromatic rings. The number of methoxy groups -OCH3 is 1. The van der Waals surface area contributed by atoms with Crippen molar-refractivity contribution in [3.05, 3.63) is 24.0 Å². The molecule has 1 N–H and O–H groups in total. The Kier molecular flexibility index (Phi) is 5.05. The second-order valence-electron chi connectivity index (χ2n) is 3.69. The lowest BCUT2D eigenvalue weighted by atomic mass is 10.2. The molecule has 0 radical (unpaired) electrons. The molecule has 4 heteroatoms. The summed E-state index contributed by atoms with van der Waals surface area (Å²) in [6.07, 6.45) is 1.01. The Morgan fingerprint density at radius 2 is 2.19 bits per heavy atom. The van der Waals surface area contributed by atoms with Crippen molar-refractivity contribution < 1.29 is 9.13 Å². The molecule has 0 amide bonds. The van der Waals surface area contributed by atoms with Crippen LogP contribution in [0, 0.1) is 5.82 Å². The zero-order valence-corrected chi connectivity index (χ0v) is 10.1. The minimum atomic E-state index is -0.240. The van der Waals surface area contributed by atoms with Gasteiger partial charge in [0.1, 0.15) is 11.6 Å². The van der Waals surface area contributed by atoms with Crippen LogP contribution in [0.25, 0.3) is 0 Å². The van der Waals surface area contributed by atoms with Crippen LogP contribution in [0.4, 0.5) is 10.1 Å². The number of nitrogens with one attached hydrogen (secondary N) is 1. The Bertz CT molecular complexity index is 331. The zero-order chi connectivity index (χ0) is 12.0. The molecule has 0 spiro atoms. The smallest absolute Gasteiger partial charge is 0.142 e. The average Bonchev–Trinajstić information content (AvgIpc) is 2.29. The van der Waals surface area contributed by atoms with Gasteiger partial charge in [-0.25, -0.2) is 4.39 Å². The van der Waals surface area contributed by atoms with Crippen molar-refractivity contribution in [1.29, 1.82) is 0 Å². The van der Waals surface area contributed by atoms with Crippen LogP contribution in [0.3, 0.4) is 0 Å². The van der Waals surface area contributed by atoms with Crippen molar-refractivity contribution in [2.24, 2.45) is 0 Å². The lowest BCUT2D eigenvalue weighted by Gasteiger charge is -2.21. The molecule has 0 aromatic heterocycles. The third-order valence-corrected chi connectivity index (χ3v) is 2.47. The predicted octanol–water partition coefficient (Wildman–Crippen LogP) is 1.88. The van der Waals surface area contributed by atoms with Crippen molar-refractivity contribution >= 4 is 5.69 Å². The van der Waals surface area contributed by atoms with Gasteiger partial charge in [-0.15, -0.1) is 0 Å². The second kappa shape index (κ2) is 6.33. The van der Waals surface area contributed by atoms with Gasteiger partial charge in [-0.2, -0.15) is 0 Å². The monoisotopic (exact) mass is 226 g/mol. The normalized spacial score (nSPS) is 10.2. The van der Waals surface area contributed by atoms with Crippen LogP contribution in [-0.4, -0.2) is 34.3 Å². The maximum absolute atomic E-state index is 13.1. The molecule has 1 aromatic carbocycles. The lowest BCUT2D eigenvalue weighted by molar-refractivity contribution is 0.413. The Hall–Kier alpha value is -1.29. The van der Waals surface area contributed by atoms with Gasteiger partial charge in [0.2, 0.25) is 0 Å². The summed E-state index contributed by atoms with van der Waals surface area (Å²) in [5.41, 5.74) is 0.790. The second-order valence-corrected chi connectivity index (χ2v) is 3.69. The van der Waals surface area contributed by atoms with Crippen molar-refractivity contribution in [3.8, 4) is 5.75 Å². The molecule has 0 bridgehead atoms. The molecule has 0 unspecified atom stereocenters. The van der Waals surface area contributed by atoms with Gasteiger partial charge in [0, 0.05) is 19.7 Å². The third-order valence-electron chi connectivity index (χ3n) is 2.47. The maximum atomic E-state index is 13.1. The molecule has 0 aliphatic heterocycles. The van der Waals surface area contributed by atoms with Crippen LogP contribution in [0.2, 0.25) is 0 Å². The summed E-state index contributed by atoms with van der Waals surface area (Å²) in [5, 5.41) is 3.08. The highest BCUT2D eigenvalue weighted by Gasteiger charge is 2.08. The first-order chi connectivity index (χ1) is 7.69. The number of rotatable bonds is 6. The first-order valence-electron chi connectivity index (χ1n) is 5.38. The Balaban J connectivity index is 2.72. The molecule has 90 valence electrons. The topological polar surface area (TPSA) is 24.5 Å². The summed E-state index contributed by atoms with van der Waals surface area (Å²) >= 11 is 0. The molecule has 0 saturated carbocycles. The van der Waals surface area contributed by atoms with E-state index in [0.717, 1.165) is 25.2 Å². The van der Waals surface area contributed by atoms with E-state index in [1.54, 1.807) is 13.2 Å². The highest BCUT2D eigenvalue weighted by Crippen LogP contribution is 2.27. The summed E-state index contributed by atoms with van der Waals surface area (Å²) in [4.78, 5) is 2.00. The van der Waals surface area contributed by atoms with E-state index < -0.39 is 0 Å². The summed E-state index contributed by atoms with van der Waals surface area (Å²) in [6, 6.07) is 4.56. The van der Waals surface area contributed by atoms with E-state index in [4.69, 9.17) is 4.74 Å². The maximum Gasteiger partial charge on any atom is 0.142 e. The van der Waals surface area contributed by atoms with E-state index in [2.05, 4.69) is 5.32 Å². The summed E-state index contributed by atoms with van der Waals surface area (Å²) in [5.74, 6) is 0.463. The fourth-order valence-electron chi connectivity index (χ4n) is 1.57. The molecule has 0 aliphatic carbocycles. The minimum absolute atomic E-state index is 0.240. The number of hydrogen-bond acceptors (Lipinski definition) is 3. The lowest BCUT2D eigenvalue weighted by Crippen LogP contribution is -2.22. The Labute approximate surface area is 96.2 Å². The molecule has 0 fully saturated rings. The van der Waals surface area contributed by atoms with Gasteiger partial charge >= 0.3 is 0 Å². The van der Waals surface area contributed by atoms with Crippen LogP contribution in [0.1, 0.15) is 6.42 Å². The highest BCUT2D eigenvalue weighted by molar-refractivity contribution is 5.58. The Morgan fingerprint density at radius 3 is 2.81 bits per heavy atom. The molecule has 1 rings (SSSR count). The molecule has 3 nitrogen and oxygen atoms in total. The number of benzene rings is 1. The van der Waals surface area contributed by atoms with Gasteiger partial charge in [-0.05, 0) is 32.1 Å². The summed E-state index contributed by atoms with van der Waals surface area (Å²) in [6.45, 7) is 1.81. The van der Waals surface area contributed by atoms with Crippen LogP contribution < -0.4 is 15.0 Å². The molecule has 0 saturated heterocycles. The molecule has 0 aliphatic rings. The van der Waals surface area contributed by atoms with E-state index in [1.807, 2.05) is 19.0 Å². The first-order valence-corrected chi connectivity index (χ1v) is 5.38. The van der Waals surface area contributed by atoms with Gasteiger partial charge in [0.15, 0.2) is 0 Å². The summed E-state index contributed by atoms with van der Waals surface area (Å²) in [7, 11) is 5.45. The summed E-state index contributed by atoms with van der Waals surface area (Å²) < 4.78 is 18.3. The van der Waals surface area contributed by atoms with Crippen LogP contribution in [0.15, 0.2) is 18.2 Å². The Morgan fingerprint density at radius 1 is 1.44 bits per heavy atom. The fraction of sp³-hybridized carbons (Fsp3) is 0.500. The molecular formula is C12H19FN2O. The van der Waals surface area contributed by atoms with Gasteiger partial charge in [-0.3, -0.25) is 0 Å². The number of anilines is 1. The van der Waals surface area contributed by atoms with Crippen LogP contribution >= 0.6 is 0 Å². The number of halogens is 1. The van der Waals surface area contributed by atoms with Gasteiger partial charge in [0.05, 0.1) is 12.8 Å². The van der Waals surface area contributed by atoms with E-state index in [1.165, 1.54) is 12.1 Å². The van der Waals surface area contributed by atoms with Crippen molar-refractivity contribution in [2.75, 3.05) is 39.2 Å². The van der Waals surface area contributed by atoms with E-state index in [-0.39, 0.29) is 5.82 Å². The predicted molar refractivity (Wildman–Crippen MR) is 64.8 cm³/mol. The standard InChI is InChI=1S/C12H19FN2O/c1-14-7-4-8-15(2)11-9-10(13)5-6-12(11)16-3/h5-6,9,14H,4,7-8H2,1-3H3.